The van der Waals surface area contributed by atoms with Gasteiger partial charge in [-0.3, -0.25) is 19.4 Å². The Hall–Kier alpha value is -3.33. The van der Waals surface area contributed by atoms with E-state index in [9.17, 15) is 24.3 Å². The third-order valence-electron chi connectivity index (χ3n) is 5.39. The summed E-state index contributed by atoms with van der Waals surface area (Å²) in [5.74, 6) is -2.84. The summed E-state index contributed by atoms with van der Waals surface area (Å²) in [7, 11) is 0. The fraction of sp³-hybridized carbons (Fsp3) is 0.636. The van der Waals surface area contributed by atoms with E-state index in [0.717, 1.165) is 0 Å². The molecule has 0 saturated heterocycles. The Labute approximate surface area is 220 Å². The van der Waals surface area contributed by atoms with Crippen molar-refractivity contribution in [2.45, 2.75) is 63.7 Å². The quantitative estimate of drug-likeness (QED) is 0.0629. The SMILES string of the molecule is CSCCC(NC(=O)C(Cc1cnc[nH]1)NC(=O)C(N)CCCN=C(N)N)C(=O)NC(C(=O)O)C(C)C. The van der Waals surface area contributed by atoms with Gasteiger partial charge in [0.25, 0.3) is 0 Å². The molecule has 1 rings (SSSR count). The van der Waals surface area contributed by atoms with Crippen molar-refractivity contribution in [3.8, 4) is 0 Å². The Morgan fingerprint density at radius 3 is 2.27 bits per heavy atom. The van der Waals surface area contributed by atoms with Gasteiger partial charge in [-0.1, -0.05) is 13.8 Å². The molecule has 15 heteroatoms. The van der Waals surface area contributed by atoms with E-state index in [2.05, 4.69) is 30.9 Å². The Morgan fingerprint density at radius 1 is 1.08 bits per heavy atom. The van der Waals surface area contributed by atoms with Crippen LogP contribution < -0.4 is 33.2 Å². The van der Waals surface area contributed by atoms with E-state index in [1.54, 1.807) is 13.8 Å². The fourth-order valence-corrected chi connectivity index (χ4v) is 3.77. The molecule has 1 aromatic heterocycles. The molecule has 0 saturated carbocycles. The van der Waals surface area contributed by atoms with Gasteiger partial charge in [-0.25, -0.2) is 9.78 Å². The molecule has 1 aromatic rings. The number of nitrogens with zero attached hydrogens (tertiary/aromatic N) is 2. The number of rotatable bonds is 17. The highest BCUT2D eigenvalue weighted by Crippen LogP contribution is 2.08. The highest BCUT2D eigenvalue weighted by molar-refractivity contribution is 7.98. The maximum absolute atomic E-state index is 13.2. The summed E-state index contributed by atoms with van der Waals surface area (Å²) in [6.07, 6.45) is 5.87. The molecule has 0 aliphatic carbocycles. The second-order valence-corrected chi connectivity index (χ2v) is 9.79. The molecule has 4 unspecified atom stereocenters. The number of guanidine groups is 1. The highest BCUT2D eigenvalue weighted by Gasteiger charge is 2.31. The number of nitrogens with one attached hydrogen (secondary N) is 4. The van der Waals surface area contributed by atoms with Crippen molar-refractivity contribution in [2.75, 3.05) is 18.6 Å². The van der Waals surface area contributed by atoms with Crippen molar-refractivity contribution < 1.29 is 24.3 Å². The first kappa shape index (κ1) is 31.7. The van der Waals surface area contributed by atoms with E-state index < -0.39 is 47.9 Å². The van der Waals surface area contributed by atoms with Crippen LogP contribution in [0.25, 0.3) is 0 Å². The van der Waals surface area contributed by atoms with Crippen molar-refractivity contribution >= 4 is 41.4 Å². The second-order valence-electron chi connectivity index (χ2n) is 8.81. The van der Waals surface area contributed by atoms with E-state index >= 15 is 0 Å². The van der Waals surface area contributed by atoms with Crippen molar-refractivity contribution in [1.82, 2.24) is 25.9 Å². The van der Waals surface area contributed by atoms with Crippen LogP contribution >= 0.6 is 11.8 Å². The first-order chi connectivity index (χ1) is 17.5. The number of carboxylic acid groups (broad SMARTS) is 1. The number of aliphatic imine (C=N–C) groups is 1. The van der Waals surface area contributed by atoms with E-state index in [4.69, 9.17) is 17.2 Å². The maximum atomic E-state index is 13.2. The highest BCUT2D eigenvalue weighted by atomic mass is 32.2. The summed E-state index contributed by atoms with van der Waals surface area (Å²) < 4.78 is 0. The number of hydrogen-bond acceptors (Lipinski definition) is 8. The largest absolute Gasteiger partial charge is 0.480 e. The zero-order valence-electron chi connectivity index (χ0n) is 21.4. The molecule has 0 spiro atoms. The Balaban J connectivity index is 2.97. The van der Waals surface area contributed by atoms with Crippen molar-refractivity contribution in [3.05, 3.63) is 18.2 Å². The lowest BCUT2D eigenvalue weighted by Gasteiger charge is -2.26. The topological polar surface area (TPSA) is 244 Å². The van der Waals surface area contributed by atoms with Crippen LogP contribution in [0.2, 0.25) is 0 Å². The Kier molecular flexibility index (Phi) is 14.1. The molecule has 0 aliphatic heterocycles. The lowest BCUT2D eigenvalue weighted by molar-refractivity contribution is -0.143. The van der Waals surface area contributed by atoms with Crippen LogP contribution in [-0.2, 0) is 25.6 Å². The number of carbonyl (C=O) groups excluding carboxylic acids is 3. The van der Waals surface area contributed by atoms with Gasteiger partial charge >= 0.3 is 5.97 Å². The molecule has 0 fully saturated rings. The minimum atomic E-state index is -1.17. The summed E-state index contributed by atoms with van der Waals surface area (Å²) in [6.45, 7) is 3.65. The van der Waals surface area contributed by atoms with E-state index in [-0.39, 0.29) is 31.1 Å². The number of nitrogens with two attached hydrogens (primary N) is 3. The molecule has 1 heterocycles. The van der Waals surface area contributed by atoms with Crippen molar-refractivity contribution in [1.29, 1.82) is 0 Å². The van der Waals surface area contributed by atoms with Gasteiger partial charge in [-0.05, 0) is 37.2 Å². The number of H-pyrrole nitrogens is 1. The Bertz CT molecular complexity index is 906. The molecular formula is C22H39N9O5S. The summed E-state index contributed by atoms with van der Waals surface area (Å²) in [6, 6.07) is -4.10. The van der Waals surface area contributed by atoms with Crippen LogP contribution in [0, 0.1) is 5.92 Å². The standard InChI is InChI=1S/C22H39N9O5S/c1-12(2)17(21(35)36)31-19(33)15(6-8-37-3)29-20(34)16(9-13-10-26-11-28-13)30-18(32)14(23)5-4-7-27-22(24)25/h10-12,14-17H,4-9,23H2,1-3H3,(H,26,28)(H,29,34)(H,30,32)(H,31,33)(H,35,36)(H4,24,25,27). The van der Waals surface area contributed by atoms with Gasteiger partial charge < -0.3 is 43.2 Å². The minimum Gasteiger partial charge on any atom is -0.480 e. The first-order valence-electron chi connectivity index (χ1n) is 11.9. The van der Waals surface area contributed by atoms with Crippen LogP contribution in [0.4, 0.5) is 0 Å². The molecule has 208 valence electrons. The van der Waals surface area contributed by atoms with E-state index in [1.807, 2.05) is 6.26 Å². The zero-order valence-corrected chi connectivity index (χ0v) is 22.2. The molecule has 0 radical (unpaired) electrons. The number of thioether (sulfide) groups is 1. The minimum absolute atomic E-state index is 0.0579. The molecular weight excluding hydrogens is 502 g/mol. The smallest absolute Gasteiger partial charge is 0.326 e. The lowest BCUT2D eigenvalue weighted by Crippen LogP contribution is -2.58. The van der Waals surface area contributed by atoms with Crippen LogP contribution in [0.5, 0.6) is 0 Å². The summed E-state index contributed by atoms with van der Waals surface area (Å²) in [5, 5.41) is 17.2. The molecule has 37 heavy (non-hydrogen) atoms. The second kappa shape index (κ2) is 16.4. The van der Waals surface area contributed by atoms with Crippen LogP contribution in [-0.4, -0.2) is 87.4 Å². The van der Waals surface area contributed by atoms with Gasteiger partial charge in [0.05, 0.1) is 12.4 Å². The normalized spacial score (nSPS) is 14.2. The van der Waals surface area contributed by atoms with E-state index in [0.29, 0.717) is 24.4 Å². The molecule has 11 N–H and O–H groups in total. The Morgan fingerprint density at radius 2 is 1.73 bits per heavy atom. The monoisotopic (exact) mass is 541 g/mol. The number of amides is 3. The van der Waals surface area contributed by atoms with Crippen LogP contribution in [0.1, 0.15) is 38.8 Å². The third kappa shape index (κ3) is 12.0. The van der Waals surface area contributed by atoms with Gasteiger partial charge in [0, 0.05) is 24.9 Å². The number of hydrogen-bond donors (Lipinski definition) is 8. The van der Waals surface area contributed by atoms with Crippen molar-refractivity contribution in [3.63, 3.8) is 0 Å². The van der Waals surface area contributed by atoms with Gasteiger partial charge in [0.15, 0.2) is 5.96 Å². The van der Waals surface area contributed by atoms with Gasteiger partial charge in [-0.15, -0.1) is 0 Å². The molecule has 0 aliphatic rings. The number of carbonyl (C=O) groups is 4. The number of carboxylic acids is 1. The predicted molar refractivity (Wildman–Crippen MR) is 141 cm³/mol. The number of aromatic amines is 1. The molecule has 14 nitrogen and oxygen atoms in total. The van der Waals surface area contributed by atoms with E-state index in [1.165, 1.54) is 24.3 Å². The van der Waals surface area contributed by atoms with Gasteiger partial charge in [-0.2, -0.15) is 11.8 Å². The third-order valence-corrected chi connectivity index (χ3v) is 6.03. The predicted octanol–water partition coefficient (Wildman–Crippen LogP) is -1.72. The summed E-state index contributed by atoms with van der Waals surface area (Å²) >= 11 is 1.47. The maximum Gasteiger partial charge on any atom is 0.326 e. The fourth-order valence-electron chi connectivity index (χ4n) is 3.30. The first-order valence-corrected chi connectivity index (χ1v) is 13.3. The average Bonchev–Trinajstić information content (AvgIpc) is 3.34. The van der Waals surface area contributed by atoms with Crippen molar-refractivity contribution in [2.24, 2.45) is 28.1 Å². The summed E-state index contributed by atoms with van der Waals surface area (Å²) in [4.78, 5) is 61.1. The average molecular weight is 542 g/mol. The van der Waals surface area contributed by atoms with Crippen LogP contribution in [0.15, 0.2) is 17.5 Å². The lowest BCUT2D eigenvalue weighted by atomic mass is 10.0. The molecule has 0 aromatic carbocycles. The summed E-state index contributed by atoms with van der Waals surface area (Å²) in [5.41, 5.74) is 17.1. The molecule has 3 amide bonds. The number of aliphatic carboxylic acids is 1. The van der Waals surface area contributed by atoms with Gasteiger partial charge in [0.2, 0.25) is 17.7 Å². The zero-order chi connectivity index (χ0) is 28.0. The number of imidazole rings is 1. The molecule has 0 bridgehead atoms. The number of aromatic nitrogens is 2. The van der Waals surface area contributed by atoms with Gasteiger partial charge in [0.1, 0.15) is 18.1 Å². The molecule has 4 atom stereocenters. The van der Waals surface area contributed by atoms with Crippen LogP contribution in [0.3, 0.4) is 0 Å².